The van der Waals surface area contributed by atoms with E-state index in [-0.39, 0.29) is 5.54 Å². The SMILES string of the molecule is CC(O)(CNC(C)(C)C)Cc1ccc(Br)cc1. The first-order chi connectivity index (χ1) is 7.68. The van der Waals surface area contributed by atoms with Crippen LogP contribution >= 0.6 is 15.9 Å². The molecule has 2 nitrogen and oxygen atoms in total. The molecule has 0 aliphatic heterocycles. The van der Waals surface area contributed by atoms with Crippen molar-refractivity contribution in [1.82, 2.24) is 5.32 Å². The van der Waals surface area contributed by atoms with Gasteiger partial charge in [0.2, 0.25) is 0 Å². The third-order valence-electron chi connectivity index (χ3n) is 2.50. The van der Waals surface area contributed by atoms with Crippen molar-refractivity contribution in [1.29, 1.82) is 0 Å². The second-order valence-electron chi connectivity index (χ2n) is 5.90. The van der Waals surface area contributed by atoms with Crippen LogP contribution in [0.5, 0.6) is 0 Å². The van der Waals surface area contributed by atoms with Gasteiger partial charge in [-0.2, -0.15) is 0 Å². The Morgan fingerprint density at radius 2 is 1.65 bits per heavy atom. The van der Waals surface area contributed by atoms with E-state index in [9.17, 15) is 5.11 Å². The van der Waals surface area contributed by atoms with Crippen LogP contribution in [0.3, 0.4) is 0 Å². The zero-order valence-corrected chi connectivity index (χ0v) is 12.6. The smallest absolute Gasteiger partial charge is 0.0783 e. The van der Waals surface area contributed by atoms with Gasteiger partial charge in [0.25, 0.3) is 0 Å². The van der Waals surface area contributed by atoms with Crippen LogP contribution < -0.4 is 5.32 Å². The summed E-state index contributed by atoms with van der Waals surface area (Å²) in [5.41, 5.74) is 0.457. The third-order valence-corrected chi connectivity index (χ3v) is 3.03. The number of hydrogen-bond acceptors (Lipinski definition) is 2. The summed E-state index contributed by atoms with van der Waals surface area (Å²) in [6.45, 7) is 8.76. The van der Waals surface area contributed by atoms with E-state index in [2.05, 4.69) is 42.0 Å². The van der Waals surface area contributed by atoms with Crippen molar-refractivity contribution in [3.05, 3.63) is 34.3 Å². The third kappa shape index (κ3) is 6.20. The Bertz CT molecular complexity index is 351. The van der Waals surface area contributed by atoms with Crippen molar-refractivity contribution in [2.24, 2.45) is 0 Å². The Morgan fingerprint density at radius 3 is 2.12 bits per heavy atom. The number of nitrogens with one attached hydrogen (secondary N) is 1. The number of aliphatic hydroxyl groups is 1. The molecule has 0 spiro atoms. The minimum atomic E-state index is -0.721. The Kier molecular flexibility index (Phi) is 4.76. The first kappa shape index (κ1) is 14.7. The average molecular weight is 300 g/mol. The van der Waals surface area contributed by atoms with Gasteiger partial charge in [-0.15, -0.1) is 0 Å². The van der Waals surface area contributed by atoms with Crippen LogP contribution in [0, 0.1) is 0 Å². The summed E-state index contributed by atoms with van der Waals surface area (Å²) in [6, 6.07) is 8.08. The molecule has 0 aliphatic carbocycles. The first-order valence-electron chi connectivity index (χ1n) is 5.90. The normalized spacial score (nSPS) is 15.6. The van der Waals surface area contributed by atoms with Crippen LogP contribution in [0.1, 0.15) is 33.3 Å². The number of halogens is 1. The summed E-state index contributed by atoms with van der Waals surface area (Å²) in [4.78, 5) is 0. The van der Waals surface area contributed by atoms with Crippen molar-refractivity contribution >= 4 is 15.9 Å². The molecular formula is C14H22BrNO. The van der Waals surface area contributed by atoms with E-state index >= 15 is 0 Å². The fourth-order valence-electron chi connectivity index (χ4n) is 1.56. The van der Waals surface area contributed by atoms with Crippen LogP contribution in [-0.4, -0.2) is 22.8 Å². The van der Waals surface area contributed by atoms with Gasteiger partial charge in [-0.05, 0) is 45.4 Å². The van der Waals surface area contributed by atoms with Gasteiger partial charge >= 0.3 is 0 Å². The monoisotopic (exact) mass is 299 g/mol. The fraction of sp³-hybridized carbons (Fsp3) is 0.571. The lowest BCUT2D eigenvalue weighted by molar-refractivity contribution is 0.0535. The summed E-state index contributed by atoms with van der Waals surface area (Å²) in [5, 5.41) is 13.7. The molecule has 3 heteroatoms. The fourth-order valence-corrected chi connectivity index (χ4v) is 1.82. The van der Waals surface area contributed by atoms with Gasteiger partial charge in [0.05, 0.1) is 5.60 Å². The van der Waals surface area contributed by atoms with E-state index in [0.717, 1.165) is 10.0 Å². The minimum absolute atomic E-state index is 0.0315. The van der Waals surface area contributed by atoms with Crippen molar-refractivity contribution in [3.8, 4) is 0 Å². The maximum absolute atomic E-state index is 10.3. The van der Waals surface area contributed by atoms with Crippen molar-refractivity contribution in [2.45, 2.75) is 45.3 Å². The van der Waals surface area contributed by atoms with Gasteiger partial charge in [0, 0.05) is 23.0 Å². The standard InChI is InChI=1S/C14H22BrNO/c1-13(2,3)16-10-14(4,17)9-11-5-7-12(15)8-6-11/h5-8,16-17H,9-10H2,1-4H3. The van der Waals surface area contributed by atoms with Gasteiger partial charge in [0.1, 0.15) is 0 Å². The first-order valence-corrected chi connectivity index (χ1v) is 6.69. The van der Waals surface area contributed by atoms with Crippen LogP contribution in [0.4, 0.5) is 0 Å². The van der Waals surface area contributed by atoms with Crippen LogP contribution in [-0.2, 0) is 6.42 Å². The van der Waals surface area contributed by atoms with Gasteiger partial charge in [0.15, 0.2) is 0 Å². The van der Waals surface area contributed by atoms with Crippen molar-refractivity contribution in [2.75, 3.05) is 6.54 Å². The molecule has 1 aromatic carbocycles. The molecule has 1 rings (SSSR count). The maximum Gasteiger partial charge on any atom is 0.0783 e. The molecule has 0 saturated heterocycles. The highest BCUT2D eigenvalue weighted by Crippen LogP contribution is 2.16. The Balaban J connectivity index is 2.57. The van der Waals surface area contributed by atoms with Crippen LogP contribution in [0.2, 0.25) is 0 Å². The summed E-state index contributed by atoms with van der Waals surface area (Å²) in [7, 11) is 0. The highest BCUT2D eigenvalue weighted by atomic mass is 79.9. The molecule has 1 unspecified atom stereocenters. The van der Waals surface area contributed by atoms with Crippen molar-refractivity contribution < 1.29 is 5.11 Å². The van der Waals surface area contributed by atoms with Crippen LogP contribution in [0.15, 0.2) is 28.7 Å². The zero-order chi connectivity index (χ0) is 13.1. The molecule has 0 radical (unpaired) electrons. The largest absolute Gasteiger partial charge is 0.389 e. The van der Waals surface area contributed by atoms with E-state index in [1.54, 1.807) is 0 Å². The number of rotatable bonds is 4. The highest BCUT2D eigenvalue weighted by Gasteiger charge is 2.23. The van der Waals surface area contributed by atoms with E-state index in [1.165, 1.54) is 0 Å². The van der Waals surface area contributed by atoms with Gasteiger partial charge in [-0.25, -0.2) is 0 Å². The van der Waals surface area contributed by atoms with Gasteiger partial charge in [-0.3, -0.25) is 0 Å². The Hall–Kier alpha value is -0.380. The van der Waals surface area contributed by atoms with Crippen LogP contribution in [0.25, 0.3) is 0 Å². The van der Waals surface area contributed by atoms with Crippen molar-refractivity contribution in [3.63, 3.8) is 0 Å². The molecule has 1 atom stereocenters. The quantitative estimate of drug-likeness (QED) is 0.895. The Labute approximate surface area is 113 Å². The molecule has 0 fully saturated rings. The second kappa shape index (κ2) is 5.51. The van der Waals surface area contributed by atoms with E-state index in [0.29, 0.717) is 13.0 Å². The lowest BCUT2D eigenvalue weighted by atomic mass is 9.95. The number of hydrogen-bond donors (Lipinski definition) is 2. The minimum Gasteiger partial charge on any atom is -0.389 e. The van der Waals surface area contributed by atoms with E-state index in [4.69, 9.17) is 0 Å². The average Bonchev–Trinajstić information content (AvgIpc) is 2.18. The van der Waals surface area contributed by atoms with Gasteiger partial charge < -0.3 is 10.4 Å². The molecule has 17 heavy (non-hydrogen) atoms. The van der Waals surface area contributed by atoms with E-state index in [1.807, 2.05) is 31.2 Å². The van der Waals surface area contributed by atoms with E-state index < -0.39 is 5.60 Å². The predicted octanol–water partition coefficient (Wildman–Crippen LogP) is 3.13. The molecule has 2 N–H and O–H groups in total. The number of β-amino-alcohol motifs (C(OH)–C–C–N with tert-alkyl or cyclic N) is 1. The maximum atomic E-state index is 10.3. The molecular weight excluding hydrogens is 278 g/mol. The molecule has 1 aromatic rings. The summed E-state index contributed by atoms with van der Waals surface area (Å²) < 4.78 is 1.06. The summed E-state index contributed by atoms with van der Waals surface area (Å²) in [6.07, 6.45) is 0.656. The Morgan fingerprint density at radius 1 is 1.12 bits per heavy atom. The zero-order valence-electron chi connectivity index (χ0n) is 11.0. The molecule has 0 bridgehead atoms. The summed E-state index contributed by atoms with van der Waals surface area (Å²) in [5.74, 6) is 0. The lowest BCUT2D eigenvalue weighted by Crippen LogP contribution is -2.47. The molecule has 0 aromatic heterocycles. The molecule has 0 saturated carbocycles. The van der Waals surface area contributed by atoms with Gasteiger partial charge in [-0.1, -0.05) is 28.1 Å². The second-order valence-corrected chi connectivity index (χ2v) is 6.82. The molecule has 0 heterocycles. The molecule has 0 amide bonds. The molecule has 0 aliphatic rings. The lowest BCUT2D eigenvalue weighted by Gasteiger charge is -2.29. The topological polar surface area (TPSA) is 32.3 Å². The molecule has 96 valence electrons. The highest BCUT2D eigenvalue weighted by molar-refractivity contribution is 9.10. The number of benzene rings is 1. The summed E-state index contributed by atoms with van der Waals surface area (Å²) >= 11 is 3.41. The predicted molar refractivity (Wildman–Crippen MR) is 76.2 cm³/mol.